The van der Waals surface area contributed by atoms with Crippen molar-refractivity contribution in [2.75, 3.05) is 6.54 Å². The molecular formula is C25H34N4O5. The molecule has 1 saturated heterocycles. The summed E-state index contributed by atoms with van der Waals surface area (Å²) in [4.78, 5) is 39.8. The van der Waals surface area contributed by atoms with Crippen molar-refractivity contribution in [2.45, 2.75) is 72.2 Å². The Morgan fingerprint density at radius 2 is 1.91 bits per heavy atom. The second-order valence-corrected chi connectivity index (χ2v) is 9.87. The van der Waals surface area contributed by atoms with E-state index in [1.165, 1.54) is 4.90 Å². The number of β-amino-alcohol motifs (C(OH)–C–C–N with tert-alkyl or cyclic N) is 1. The molecule has 9 heteroatoms. The van der Waals surface area contributed by atoms with E-state index in [0.717, 1.165) is 16.7 Å². The van der Waals surface area contributed by atoms with E-state index < -0.39 is 23.6 Å². The molecule has 0 spiro atoms. The van der Waals surface area contributed by atoms with Gasteiger partial charge in [0.25, 0.3) is 0 Å². The lowest BCUT2D eigenvalue weighted by Crippen LogP contribution is -2.57. The lowest BCUT2D eigenvalue weighted by molar-refractivity contribution is -0.144. The Bertz CT molecular complexity index is 1020. The summed E-state index contributed by atoms with van der Waals surface area (Å²) in [5, 5.41) is 19.7. The van der Waals surface area contributed by atoms with Crippen LogP contribution in [0, 0.1) is 12.3 Å². The summed E-state index contributed by atoms with van der Waals surface area (Å²) in [5.41, 5.74) is 2.16. The molecule has 1 fully saturated rings. The zero-order valence-electron chi connectivity index (χ0n) is 20.4. The number of aliphatic hydroxyl groups excluding tert-OH is 1. The fourth-order valence-corrected chi connectivity index (χ4v) is 4.03. The third-order valence-electron chi connectivity index (χ3n) is 6.04. The number of aromatic nitrogens is 1. The van der Waals surface area contributed by atoms with E-state index in [1.54, 1.807) is 13.1 Å². The maximum absolute atomic E-state index is 13.4. The first-order valence-electron chi connectivity index (χ1n) is 11.6. The Labute approximate surface area is 199 Å². The quantitative estimate of drug-likeness (QED) is 0.570. The van der Waals surface area contributed by atoms with Crippen molar-refractivity contribution in [3.8, 4) is 11.3 Å². The van der Waals surface area contributed by atoms with E-state index in [0.29, 0.717) is 5.76 Å². The monoisotopic (exact) mass is 470 g/mol. The number of aliphatic hydroxyl groups is 1. The molecule has 184 valence electrons. The number of amides is 3. The average Bonchev–Trinajstić information content (AvgIpc) is 3.40. The first-order valence-corrected chi connectivity index (χ1v) is 11.6. The van der Waals surface area contributed by atoms with Crippen LogP contribution in [-0.4, -0.2) is 57.6 Å². The predicted octanol–water partition coefficient (Wildman–Crippen LogP) is 2.17. The van der Waals surface area contributed by atoms with Crippen LogP contribution < -0.4 is 10.6 Å². The van der Waals surface area contributed by atoms with Crippen LogP contribution in [0.15, 0.2) is 35.0 Å². The molecule has 3 rings (SSSR count). The van der Waals surface area contributed by atoms with Crippen LogP contribution in [0.25, 0.3) is 11.3 Å². The first kappa shape index (κ1) is 25.4. The highest BCUT2D eigenvalue weighted by atomic mass is 16.5. The average molecular weight is 471 g/mol. The van der Waals surface area contributed by atoms with Gasteiger partial charge in [-0.15, -0.1) is 0 Å². The van der Waals surface area contributed by atoms with Gasteiger partial charge >= 0.3 is 0 Å². The minimum Gasteiger partial charge on any atom is -0.391 e. The Morgan fingerprint density at radius 1 is 1.24 bits per heavy atom. The molecule has 2 aromatic rings. The van der Waals surface area contributed by atoms with Gasteiger partial charge in [-0.3, -0.25) is 14.4 Å². The van der Waals surface area contributed by atoms with E-state index in [-0.39, 0.29) is 43.7 Å². The van der Waals surface area contributed by atoms with Gasteiger partial charge in [-0.25, -0.2) is 0 Å². The second-order valence-electron chi connectivity index (χ2n) is 9.87. The van der Waals surface area contributed by atoms with Crippen molar-refractivity contribution in [2.24, 2.45) is 5.41 Å². The van der Waals surface area contributed by atoms with E-state index in [2.05, 4.69) is 15.8 Å². The highest BCUT2D eigenvalue weighted by Crippen LogP contribution is 2.27. The van der Waals surface area contributed by atoms with Gasteiger partial charge in [-0.05, 0) is 17.9 Å². The first-order chi connectivity index (χ1) is 16.0. The van der Waals surface area contributed by atoms with Gasteiger partial charge in [0.05, 0.1) is 12.3 Å². The summed E-state index contributed by atoms with van der Waals surface area (Å²) in [6.45, 7) is 9.54. The molecule has 1 aromatic heterocycles. The zero-order valence-corrected chi connectivity index (χ0v) is 20.4. The molecule has 3 N–H and O–H groups in total. The normalized spacial score (nSPS) is 19.1. The molecule has 0 aliphatic carbocycles. The maximum Gasteiger partial charge on any atom is 0.246 e. The Hall–Kier alpha value is -3.20. The summed E-state index contributed by atoms with van der Waals surface area (Å²) in [7, 11) is 0. The number of hydrogen-bond donors (Lipinski definition) is 3. The van der Waals surface area contributed by atoms with Crippen LogP contribution in [0.2, 0.25) is 0 Å². The predicted molar refractivity (Wildman–Crippen MR) is 126 cm³/mol. The van der Waals surface area contributed by atoms with Gasteiger partial charge in [0.2, 0.25) is 17.7 Å². The molecule has 2 heterocycles. The van der Waals surface area contributed by atoms with Crippen molar-refractivity contribution in [3.05, 3.63) is 41.6 Å². The lowest BCUT2D eigenvalue weighted by Gasteiger charge is -2.35. The number of carbonyl (C=O) groups excluding carboxylic acids is 3. The van der Waals surface area contributed by atoms with Crippen molar-refractivity contribution in [1.29, 1.82) is 0 Å². The van der Waals surface area contributed by atoms with Crippen molar-refractivity contribution < 1.29 is 24.0 Å². The molecule has 0 saturated carbocycles. The van der Waals surface area contributed by atoms with Crippen molar-refractivity contribution >= 4 is 17.7 Å². The zero-order chi connectivity index (χ0) is 25.0. The largest absolute Gasteiger partial charge is 0.391 e. The maximum atomic E-state index is 13.4. The van der Waals surface area contributed by atoms with Gasteiger partial charge in [0.15, 0.2) is 5.76 Å². The van der Waals surface area contributed by atoms with Crippen LogP contribution in [0.5, 0.6) is 0 Å². The number of aryl methyl sites for hydroxylation is 1. The third-order valence-corrected chi connectivity index (χ3v) is 6.04. The number of nitrogens with one attached hydrogen (secondary N) is 2. The summed E-state index contributed by atoms with van der Waals surface area (Å²) in [6, 6.07) is 5.97. The van der Waals surface area contributed by atoms with Gasteiger partial charge in [0.1, 0.15) is 12.1 Å². The van der Waals surface area contributed by atoms with E-state index in [4.69, 9.17) is 4.52 Å². The van der Waals surface area contributed by atoms with Gasteiger partial charge in [-0.1, -0.05) is 57.1 Å². The van der Waals surface area contributed by atoms with E-state index in [9.17, 15) is 19.5 Å². The molecule has 0 unspecified atom stereocenters. The number of nitrogens with zero attached hydrogens (tertiary/aromatic N) is 2. The molecule has 1 aromatic carbocycles. The molecule has 34 heavy (non-hydrogen) atoms. The summed E-state index contributed by atoms with van der Waals surface area (Å²) < 4.78 is 5.27. The fraction of sp³-hybridized carbons (Fsp3) is 0.520. The van der Waals surface area contributed by atoms with Gasteiger partial charge in [0, 0.05) is 37.1 Å². The molecule has 0 bridgehead atoms. The van der Waals surface area contributed by atoms with Crippen LogP contribution >= 0.6 is 0 Å². The Kier molecular flexibility index (Phi) is 7.76. The van der Waals surface area contributed by atoms with E-state index >= 15 is 0 Å². The lowest BCUT2D eigenvalue weighted by atomic mass is 9.85. The number of likely N-dealkylation sites (tertiary alicyclic amines) is 1. The van der Waals surface area contributed by atoms with Crippen molar-refractivity contribution in [3.63, 3.8) is 0 Å². The summed E-state index contributed by atoms with van der Waals surface area (Å²) in [5.74, 6) is -0.237. The fourth-order valence-electron chi connectivity index (χ4n) is 4.03. The molecular weight excluding hydrogens is 436 g/mol. The number of rotatable bonds is 7. The molecule has 3 atom stereocenters. The summed E-state index contributed by atoms with van der Waals surface area (Å²) >= 11 is 0. The topological polar surface area (TPSA) is 125 Å². The number of hydrogen-bond acceptors (Lipinski definition) is 6. The second kappa shape index (κ2) is 10.4. The Balaban J connectivity index is 1.67. The molecule has 9 nitrogen and oxygen atoms in total. The van der Waals surface area contributed by atoms with Crippen LogP contribution in [0.4, 0.5) is 0 Å². The third kappa shape index (κ3) is 5.83. The van der Waals surface area contributed by atoms with Crippen LogP contribution in [0.1, 0.15) is 51.7 Å². The number of benzene rings is 1. The minimum absolute atomic E-state index is 0.0523. The van der Waals surface area contributed by atoms with Crippen LogP contribution in [-0.2, 0) is 20.9 Å². The van der Waals surface area contributed by atoms with Crippen LogP contribution in [0.3, 0.4) is 0 Å². The molecule has 1 aliphatic heterocycles. The van der Waals surface area contributed by atoms with E-state index in [1.807, 2.05) is 52.0 Å². The number of carbonyl (C=O) groups is 3. The van der Waals surface area contributed by atoms with Gasteiger partial charge < -0.3 is 25.2 Å². The smallest absolute Gasteiger partial charge is 0.246 e. The standard InChI is InChI=1S/C25H34N4O5/c1-6-20(31)28-22(25(3,4)5)24(33)29-14-18(30)11-19(29)23(32)26-13-16-7-9-17(10-8-16)21-15(2)12-27-34-21/h7-10,12,18-19,22,30H,6,11,13-14H2,1-5H3,(H,26,32)(H,28,31)/t18-,19+,22-/m1/s1. The summed E-state index contributed by atoms with van der Waals surface area (Å²) in [6.07, 6.45) is 1.26. The minimum atomic E-state index is -0.804. The molecule has 3 amide bonds. The Morgan fingerprint density at radius 3 is 2.47 bits per heavy atom. The highest BCUT2D eigenvalue weighted by Gasteiger charge is 2.44. The highest BCUT2D eigenvalue weighted by molar-refractivity contribution is 5.93. The van der Waals surface area contributed by atoms with Crippen molar-refractivity contribution in [1.82, 2.24) is 20.7 Å². The SMILES string of the molecule is CCC(=O)N[C@H](C(=O)N1C[C@H](O)C[C@H]1C(=O)NCc1ccc(-c2oncc2C)cc1)C(C)(C)C. The molecule has 1 aliphatic rings. The van der Waals surface area contributed by atoms with Gasteiger partial charge in [-0.2, -0.15) is 0 Å². The molecule has 0 radical (unpaired) electrons.